The van der Waals surface area contributed by atoms with Gasteiger partial charge >= 0.3 is 5.69 Å². The molecule has 30 heavy (non-hydrogen) atoms. The van der Waals surface area contributed by atoms with E-state index in [4.69, 9.17) is 0 Å². The first-order valence-electron chi connectivity index (χ1n) is 9.94. The number of fused-ring (bicyclic) bond motifs is 2. The minimum absolute atomic E-state index is 0.00604. The smallest absolute Gasteiger partial charge is 0.326 e. The number of hydrogen-bond acceptors (Lipinski definition) is 2. The molecule has 1 amide bonds. The monoisotopic (exact) mass is 401 g/mol. The van der Waals surface area contributed by atoms with E-state index < -0.39 is 0 Å². The normalized spacial score (nSPS) is 15.3. The fraction of sp³-hybridized carbons (Fsp3) is 0.167. The molecule has 6 heteroatoms. The molecule has 0 saturated heterocycles. The lowest BCUT2D eigenvalue weighted by atomic mass is 10.1. The standard InChI is InChI=1S/C24H20FN3O2/c25-18-9-5-15(6-10-18)14-28-22-12-8-17(13-21(22)27-24(28)30)23(29)26-20-11-7-16-3-1-2-4-19(16)20/h1-6,8-10,12-13,20H,7,11,14H2,(H,26,29)(H,27,30)/t20-/m1/s1. The predicted octanol–water partition coefficient (Wildman–Crippen LogP) is 3.93. The number of carbonyl (C=O) groups excluding carboxylic acids is 1. The van der Waals surface area contributed by atoms with E-state index in [0.717, 1.165) is 18.4 Å². The second-order valence-corrected chi connectivity index (χ2v) is 7.64. The summed E-state index contributed by atoms with van der Waals surface area (Å²) in [6, 6.07) is 19.4. The van der Waals surface area contributed by atoms with Gasteiger partial charge in [-0.05, 0) is 59.9 Å². The predicted molar refractivity (Wildman–Crippen MR) is 113 cm³/mol. The van der Waals surface area contributed by atoms with E-state index in [2.05, 4.69) is 22.4 Å². The zero-order valence-corrected chi connectivity index (χ0v) is 16.2. The average Bonchev–Trinajstić information content (AvgIpc) is 3.30. The van der Waals surface area contributed by atoms with Crippen molar-refractivity contribution in [2.24, 2.45) is 0 Å². The van der Waals surface area contributed by atoms with Gasteiger partial charge in [-0.2, -0.15) is 0 Å². The summed E-state index contributed by atoms with van der Waals surface area (Å²) >= 11 is 0. The number of carbonyl (C=O) groups is 1. The van der Waals surface area contributed by atoms with Crippen LogP contribution in [0.1, 0.15) is 39.5 Å². The van der Waals surface area contributed by atoms with E-state index in [1.54, 1.807) is 34.9 Å². The van der Waals surface area contributed by atoms with Gasteiger partial charge in [-0.3, -0.25) is 9.36 Å². The summed E-state index contributed by atoms with van der Waals surface area (Å²) in [5.41, 5.74) is 4.81. The van der Waals surface area contributed by atoms with Crippen LogP contribution in [0.3, 0.4) is 0 Å². The quantitative estimate of drug-likeness (QED) is 0.544. The lowest BCUT2D eigenvalue weighted by molar-refractivity contribution is 0.0937. The average molecular weight is 401 g/mol. The maximum Gasteiger partial charge on any atom is 0.326 e. The summed E-state index contributed by atoms with van der Waals surface area (Å²) in [4.78, 5) is 28.1. The SMILES string of the molecule is O=C(N[C@@H]1CCc2ccccc21)c1ccc2c(c1)[nH]c(=O)n2Cc1ccc(F)cc1. The Labute approximate surface area is 172 Å². The van der Waals surface area contributed by atoms with Crippen LogP contribution in [0.25, 0.3) is 11.0 Å². The number of aromatic nitrogens is 2. The first kappa shape index (κ1) is 18.4. The van der Waals surface area contributed by atoms with E-state index in [1.807, 2.05) is 12.1 Å². The number of H-pyrrole nitrogens is 1. The lowest BCUT2D eigenvalue weighted by Gasteiger charge is -2.14. The van der Waals surface area contributed by atoms with Crippen molar-refractivity contribution in [2.45, 2.75) is 25.4 Å². The number of aryl methyl sites for hydroxylation is 1. The fourth-order valence-corrected chi connectivity index (χ4v) is 4.18. The first-order valence-corrected chi connectivity index (χ1v) is 9.94. The molecule has 5 rings (SSSR count). The van der Waals surface area contributed by atoms with Crippen LogP contribution in [-0.4, -0.2) is 15.5 Å². The molecule has 1 atom stereocenters. The Bertz CT molecular complexity index is 1300. The van der Waals surface area contributed by atoms with E-state index in [-0.39, 0.29) is 23.5 Å². The highest BCUT2D eigenvalue weighted by Crippen LogP contribution is 2.31. The molecule has 2 N–H and O–H groups in total. The van der Waals surface area contributed by atoms with Gasteiger partial charge < -0.3 is 10.3 Å². The Kier molecular flexibility index (Phi) is 4.47. The van der Waals surface area contributed by atoms with E-state index in [1.165, 1.54) is 23.3 Å². The molecule has 0 bridgehead atoms. The van der Waals surface area contributed by atoms with Gasteiger partial charge in [0, 0.05) is 5.56 Å². The van der Waals surface area contributed by atoms with Crippen LogP contribution < -0.4 is 11.0 Å². The van der Waals surface area contributed by atoms with E-state index >= 15 is 0 Å². The highest BCUT2D eigenvalue weighted by Gasteiger charge is 2.24. The third-order valence-corrected chi connectivity index (χ3v) is 5.73. The Morgan fingerprint density at radius 2 is 1.90 bits per heavy atom. The molecule has 3 aromatic carbocycles. The fourth-order valence-electron chi connectivity index (χ4n) is 4.18. The molecule has 0 radical (unpaired) electrons. The van der Waals surface area contributed by atoms with Gasteiger partial charge in [0.15, 0.2) is 0 Å². The first-order chi connectivity index (χ1) is 14.6. The summed E-state index contributed by atoms with van der Waals surface area (Å²) in [5, 5.41) is 3.11. The number of benzene rings is 3. The molecule has 150 valence electrons. The number of halogens is 1. The van der Waals surface area contributed by atoms with Crippen molar-refractivity contribution in [3.8, 4) is 0 Å². The van der Waals surface area contributed by atoms with Crippen molar-refractivity contribution in [3.63, 3.8) is 0 Å². The summed E-state index contributed by atoms with van der Waals surface area (Å²) in [6.45, 7) is 0.323. The molecule has 1 heterocycles. The number of amides is 1. The van der Waals surface area contributed by atoms with E-state index in [0.29, 0.717) is 23.1 Å². The summed E-state index contributed by atoms with van der Waals surface area (Å²) in [6.07, 6.45) is 1.85. The molecule has 1 aliphatic rings. The molecule has 0 unspecified atom stereocenters. The zero-order valence-electron chi connectivity index (χ0n) is 16.2. The van der Waals surface area contributed by atoms with Gasteiger partial charge in [0.2, 0.25) is 0 Å². The topological polar surface area (TPSA) is 66.9 Å². The van der Waals surface area contributed by atoms with Crippen molar-refractivity contribution < 1.29 is 9.18 Å². The summed E-state index contributed by atoms with van der Waals surface area (Å²) in [7, 11) is 0. The van der Waals surface area contributed by atoms with Crippen molar-refractivity contribution in [1.82, 2.24) is 14.9 Å². The third-order valence-electron chi connectivity index (χ3n) is 5.73. The number of nitrogens with zero attached hydrogens (tertiary/aromatic N) is 1. The molecular weight excluding hydrogens is 381 g/mol. The minimum atomic E-state index is -0.314. The van der Waals surface area contributed by atoms with Crippen molar-refractivity contribution in [2.75, 3.05) is 0 Å². The Morgan fingerprint density at radius 3 is 2.73 bits per heavy atom. The van der Waals surface area contributed by atoms with Crippen LogP contribution in [0.15, 0.2) is 71.5 Å². The van der Waals surface area contributed by atoms with Crippen LogP contribution in [0.5, 0.6) is 0 Å². The van der Waals surface area contributed by atoms with E-state index in [9.17, 15) is 14.0 Å². The maximum atomic E-state index is 13.1. The number of imidazole rings is 1. The van der Waals surface area contributed by atoms with Gasteiger partial charge in [-0.25, -0.2) is 9.18 Å². The molecule has 0 fully saturated rings. The zero-order chi connectivity index (χ0) is 20.7. The molecule has 0 aliphatic heterocycles. The third kappa shape index (κ3) is 3.30. The van der Waals surface area contributed by atoms with Crippen LogP contribution >= 0.6 is 0 Å². The molecule has 1 aliphatic carbocycles. The van der Waals surface area contributed by atoms with Crippen LogP contribution in [0.2, 0.25) is 0 Å². The molecular formula is C24H20FN3O2. The Balaban J connectivity index is 1.40. The highest BCUT2D eigenvalue weighted by molar-refractivity contribution is 5.97. The molecule has 0 saturated carbocycles. The van der Waals surface area contributed by atoms with Gasteiger partial charge in [0.1, 0.15) is 5.82 Å². The highest BCUT2D eigenvalue weighted by atomic mass is 19.1. The van der Waals surface area contributed by atoms with Crippen molar-refractivity contribution in [1.29, 1.82) is 0 Å². The number of rotatable bonds is 4. The molecule has 4 aromatic rings. The van der Waals surface area contributed by atoms with Crippen molar-refractivity contribution >= 4 is 16.9 Å². The van der Waals surface area contributed by atoms with Gasteiger partial charge in [0.05, 0.1) is 23.6 Å². The maximum absolute atomic E-state index is 13.1. The number of hydrogen-bond donors (Lipinski definition) is 2. The Hall–Kier alpha value is -3.67. The number of nitrogens with one attached hydrogen (secondary N) is 2. The van der Waals surface area contributed by atoms with Gasteiger partial charge in [0.25, 0.3) is 5.91 Å². The van der Waals surface area contributed by atoms with Crippen LogP contribution in [-0.2, 0) is 13.0 Å². The van der Waals surface area contributed by atoms with Crippen LogP contribution in [0, 0.1) is 5.82 Å². The summed E-state index contributed by atoms with van der Waals surface area (Å²) < 4.78 is 14.7. The second-order valence-electron chi connectivity index (χ2n) is 7.64. The van der Waals surface area contributed by atoms with Crippen molar-refractivity contribution in [3.05, 3.63) is 105 Å². The molecule has 5 nitrogen and oxygen atoms in total. The van der Waals surface area contributed by atoms with Gasteiger partial charge in [-0.1, -0.05) is 36.4 Å². The van der Waals surface area contributed by atoms with Gasteiger partial charge in [-0.15, -0.1) is 0 Å². The lowest BCUT2D eigenvalue weighted by Crippen LogP contribution is -2.27. The largest absolute Gasteiger partial charge is 0.345 e. The minimum Gasteiger partial charge on any atom is -0.345 e. The number of aromatic amines is 1. The second kappa shape index (κ2) is 7.30. The Morgan fingerprint density at radius 1 is 1.10 bits per heavy atom. The summed E-state index contributed by atoms with van der Waals surface area (Å²) in [5.74, 6) is -0.476. The molecule has 0 spiro atoms. The molecule has 1 aromatic heterocycles. The van der Waals surface area contributed by atoms with Crippen LogP contribution in [0.4, 0.5) is 4.39 Å².